The third-order valence-corrected chi connectivity index (χ3v) is 7.66. The van der Waals surface area contributed by atoms with E-state index in [1.165, 1.54) is 18.9 Å². The van der Waals surface area contributed by atoms with E-state index in [9.17, 15) is 18.0 Å². The predicted molar refractivity (Wildman–Crippen MR) is 148 cm³/mol. The molecule has 0 saturated carbocycles. The number of imidazole rings is 1. The third-order valence-electron chi connectivity index (χ3n) is 4.84. The number of nitrogens with one attached hydrogen (secondary N) is 4. The van der Waals surface area contributed by atoms with Gasteiger partial charge in [-0.25, -0.2) is 23.1 Å². The number of sulfonamides is 1. The lowest BCUT2D eigenvalue weighted by molar-refractivity contribution is -0.123. The number of anilines is 2. The lowest BCUT2D eigenvalue weighted by Gasteiger charge is -2.14. The smallest absolute Gasteiger partial charge is 0.235 e. The van der Waals surface area contributed by atoms with Gasteiger partial charge in [0, 0.05) is 12.4 Å². The van der Waals surface area contributed by atoms with Crippen LogP contribution in [0.4, 0.5) is 10.8 Å². The number of thiazole rings is 1. The summed E-state index contributed by atoms with van der Waals surface area (Å²) in [7, 11) is -1.94. The second-order valence-electron chi connectivity index (χ2n) is 7.87. The van der Waals surface area contributed by atoms with E-state index < -0.39 is 28.3 Å². The van der Waals surface area contributed by atoms with Gasteiger partial charge < -0.3 is 25.1 Å². The molecule has 4 aromatic rings. The minimum absolute atomic E-state index is 0.0717. The summed E-state index contributed by atoms with van der Waals surface area (Å²) in [5, 5.41) is 6.09. The number of nitrogens with zero attached hydrogens (tertiary/aromatic N) is 2. The summed E-state index contributed by atoms with van der Waals surface area (Å²) in [4.78, 5) is 36.7. The van der Waals surface area contributed by atoms with E-state index in [4.69, 9.17) is 9.47 Å². The molecule has 0 fully saturated rings. The Hall–Kier alpha value is -3.92. The summed E-state index contributed by atoms with van der Waals surface area (Å²) in [5.74, 6) is 0.203. The van der Waals surface area contributed by atoms with Crippen LogP contribution < -0.4 is 24.8 Å². The highest BCUT2D eigenvalue weighted by molar-refractivity contribution is 8.01. The molecule has 2 amide bonds. The average Bonchev–Trinajstić information content (AvgIpc) is 3.53. The Kier molecular flexibility index (Phi) is 9.19. The summed E-state index contributed by atoms with van der Waals surface area (Å²) >= 11 is 2.38. The highest BCUT2D eigenvalue weighted by Crippen LogP contribution is 2.36. The number of ether oxygens (including phenoxy) is 2. The maximum Gasteiger partial charge on any atom is 0.235 e. The number of H-pyrrole nitrogens is 1. The van der Waals surface area contributed by atoms with Crippen LogP contribution in [0.2, 0.25) is 0 Å². The van der Waals surface area contributed by atoms with Crippen LogP contribution in [0.5, 0.6) is 17.2 Å². The number of carbonyl (C=O) groups is 2. The minimum atomic E-state index is -3.46. The Balaban J connectivity index is 1.41. The van der Waals surface area contributed by atoms with Crippen molar-refractivity contribution >= 4 is 55.8 Å². The van der Waals surface area contributed by atoms with Crippen molar-refractivity contribution in [3.8, 4) is 17.2 Å². The normalized spacial score (nSPS) is 11.1. The van der Waals surface area contributed by atoms with Gasteiger partial charge in [-0.15, -0.1) is 0 Å². The van der Waals surface area contributed by atoms with Crippen LogP contribution in [0, 0.1) is 0 Å². The Bertz CT molecular complexity index is 1560. The molecule has 12 nitrogen and oxygen atoms in total. The Morgan fingerprint density at radius 2 is 1.72 bits per heavy atom. The summed E-state index contributed by atoms with van der Waals surface area (Å²) in [6, 6.07) is 13.9. The molecule has 0 spiro atoms. The number of methoxy groups -OCH3 is 1. The fourth-order valence-corrected chi connectivity index (χ4v) is 5.58. The summed E-state index contributed by atoms with van der Waals surface area (Å²) < 4.78 is 37.4. The van der Waals surface area contributed by atoms with Crippen molar-refractivity contribution in [1.29, 1.82) is 0 Å². The van der Waals surface area contributed by atoms with Crippen molar-refractivity contribution in [2.24, 2.45) is 0 Å². The standard InChI is InChI=1S/C24H24N6O6S3/c1-35-18-9-5-6-10-19(18)36-17-8-4-3-7-15(17)28-20(31)13-21(32)30-24-29-16(14-27-39(2,33)34)22(38-24)37-23-25-11-12-26-23/h3-12,27H,13-14H2,1-2H3,(H,25,26)(H,28,31)(H,29,30,32). The van der Waals surface area contributed by atoms with Crippen molar-refractivity contribution in [2.75, 3.05) is 24.0 Å². The molecule has 4 N–H and O–H groups in total. The van der Waals surface area contributed by atoms with Crippen LogP contribution in [0.1, 0.15) is 12.1 Å². The Morgan fingerprint density at radius 1 is 1.03 bits per heavy atom. The van der Waals surface area contributed by atoms with E-state index in [1.807, 2.05) is 6.07 Å². The average molecular weight is 589 g/mol. The molecule has 0 atom stereocenters. The number of amides is 2. The van der Waals surface area contributed by atoms with Gasteiger partial charge in [0.15, 0.2) is 27.5 Å². The van der Waals surface area contributed by atoms with Gasteiger partial charge in [-0.2, -0.15) is 0 Å². The van der Waals surface area contributed by atoms with E-state index >= 15 is 0 Å². The molecule has 2 heterocycles. The lowest BCUT2D eigenvalue weighted by Crippen LogP contribution is -2.22. The Morgan fingerprint density at radius 3 is 2.41 bits per heavy atom. The van der Waals surface area contributed by atoms with E-state index in [0.717, 1.165) is 17.6 Å². The molecule has 39 heavy (non-hydrogen) atoms. The van der Waals surface area contributed by atoms with Gasteiger partial charge in [-0.3, -0.25) is 9.59 Å². The summed E-state index contributed by atoms with van der Waals surface area (Å²) in [5.41, 5.74) is 0.788. The van der Waals surface area contributed by atoms with Gasteiger partial charge in [0.25, 0.3) is 0 Å². The zero-order valence-electron chi connectivity index (χ0n) is 20.8. The predicted octanol–water partition coefficient (Wildman–Crippen LogP) is 3.83. The van der Waals surface area contributed by atoms with Crippen molar-refractivity contribution in [2.45, 2.75) is 22.3 Å². The molecule has 0 unspecified atom stereocenters. The zero-order chi connectivity index (χ0) is 27.8. The molecule has 0 saturated heterocycles. The molecule has 2 aromatic heterocycles. The summed E-state index contributed by atoms with van der Waals surface area (Å²) in [6.45, 7) is -0.0717. The number of rotatable bonds is 12. The molecule has 0 aliphatic carbocycles. The number of carbonyl (C=O) groups excluding carboxylic acids is 2. The molecule has 15 heteroatoms. The number of hydrogen-bond donors (Lipinski definition) is 4. The van der Waals surface area contributed by atoms with Crippen LogP contribution in [-0.4, -0.2) is 48.5 Å². The fourth-order valence-electron chi connectivity index (χ4n) is 3.16. The first-order valence-electron chi connectivity index (χ1n) is 11.3. The van der Waals surface area contributed by atoms with Gasteiger partial charge in [0.2, 0.25) is 21.8 Å². The summed E-state index contributed by atoms with van der Waals surface area (Å²) in [6.07, 6.45) is 3.79. The fraction of sp³-hybridized carbons (Fsp3) is 0.167. The molecule has 0 aliphatic heterocycles. The van der Waals surface area contributed by atoms with E-state index in [-0.39, 0.29) is 11.7 Å². The number of para-hydroxylation sites is 4. The molecule has 2 aromatic carbocycles. The van der Waals surface area contributed by atoms with Crippen LogP contribution in [0.25, 0.3) is 0 Å². The van der Waals surface area contributed by atoms with E-state index in [0.29, 0.717) is 38.0 Å². The monoisotopic (exact) mass is 588 g/mol. The lowest BCUT2D eigenvalue weighted by atomic mass is 10.2. The number of benzene rings is 2. The Labute approximate surface area is 232 Å². The molecular formula is C24H24N6O6S3. The molecule has 0 aliphatic rings. The molecular weight excluding hydrogens is 565 g/mol. The largest absolute Gasteiger partial charge is 0.493 e. The highest BCUT2D eigenvalue weighted by Gasteiger charge is 2.19. The molecule has 204 valence electrons. The van der Waals surface area contributed by atoms with E-state index in [1.54, 1.807) is 54.9 Å². The first kappa shape index (κ1) is 28.1. The maximum atomic E-state index is 12.7. The third kappa shape index (κ3) is 8.28. The first-order valence-corrected chi connectivity index (χ1v) is 14.8. The minimum Gasteiger partial charge on any atom is -0.493 e. The van der Waals surface area contributed by atoms with Crippen molar-refractivity contribution in [1.82, 2.24) is 19.7 Å². The van der Waals surface area contributed by atoms with Crippen molar-refractivity contribution < 1.29 is 27.5 Å². The highest BCUT2D eigenvalue weighted by atomic mass is 32.2. The van der Waals surface area contributed by atoms with Crippen LogP contribution in [0.3, 0.4) is 0 Å². The topological polar surface area (TPSA) is 164 Å². The number of aromatic amines is 1. The van der Waals surface area contributed by atoms with Gasteiger partial charge >= 0.3 is 0 Å². The molecule has 0 radical (unpaired) electrons. The van der Waals surface area contributed by atoms with Crippen LogP contribution >= 0.6 is 23.1 Å². The van der Waals surface area contributed by atoms with Gasteiger partial charge in [-0.1, -0.05) is 35.6 Å². The SMILES string of the molecule is COc1ccccc1Oc1ccccc1NC(=O)CC(=O)Nc1nc(CNS(C)(=O)=O)c(Sc2ncc[nH]2)s1. The van der Waals surface area contributed by atoms with Crippen LogP contribution in [0.15, 0.2) is 70.3 Å². The molecule has 4 rings (SSSR count). The second kappa shape index (κ2) is 12.8. The quantitative estimate of drug-likeness (QED) is 0.180. The van der Waals surface area contributed by atoms with Gasteiger partial charge in [0.05, 0.1) is 35.5 Å². The molecule has 0 bridgehead atoms. The zero-order valence-corrected chi connectivity index (χ0v) is 23.2. The van der Waals surface area contributed by atoms with E-state index in [2.05, 4.69) is 30.3 Å². The van der Waals surface area contributed by atoms with Gasteiger partial charge in [0.1, 0.15) is 6.42 Å². The van der Waals surface area contributed by atoms with Crippen molar-refractivity contribution in [3.63, 3.8) is 0 Å². The number of aromatic nitrogens is 3. The van der Waals surface area contributed by atoms with Crippen LogP contribution in [-0.2, 0) is 26.2 Å². The maximum absolute atomic E-state index is 12.7. The second-order valence-corrected chi connectivity index (χ2v) is 12.0. The number of hydrogen-bond acceptors (Lipinski definition) is 10. The van der Waals surface area contributed by atoms with Gasteiger partial charge in [-0.05, 0) is 36.0 Å². The van der Waals surface area contributed by atoms with Crippen molar-refractivity contribution in [3.05, 3.63) is 66.6 Å². The first-order chi connectivity index (χ1) is 18.7.